The Labute approximate surface area is 120 Å². The van der Waals surface area contributed by atoms with E-state index in [4.69, 9.17) is 4.74 Å². The summed E-state index contributed by atoms with van der Waals surface area (Å²) in [4.78, 5) is 0. The van der Waals surface area contributed by atoms with Gasteiger partial charge in [0.05, 0.1) is 6.61 Å². The van der Waals surface area contributed by atoms with Crippen LogP contribution in [0.1, 0.15) is 18.4 Å². The van der Waals surface area contributed by atoms with Crippen LogP contribution in [0, 0.1) is 0 Å². The number of benzene rings is 1. The van der Waals surface area contributed by atoms with E-state index < -0.39 is 10.2 Å². The summed E-state index contributed by atoms with van der Waals surface area (Å²) in [5.41, 5.74) is 1.69. The van der Waals surface area contributed by atoms with Crippen LogP contribution in [-0.2, 0) is 21.5 Å². The van der Waals surface area contributed by atoms with Crippen LogP contribution in [0.15, 0.2) is 24.3 Å². The molecule has 1 aromatic rings. The van der Waals surface area contributed by atoms with Gasteiger partial charge in [0.15, 0.2) is 0 Å². The third kappa shape index (κ3) is 5.46. The molecule has 0 spiro atoms. The Kier molecular flexibility index (Phi) is 5.36. The molecule has 1 fully saturated rings. The second-order valence-corrected chi connectivity index (χ2v) is 6.34. The van der Waals surface area contributed by atoms with Gasteiger partial charge in [-0.3, -0.25) is 4.72 Å². The Morgan fingerprint density at radius 3 is 2.55 bits per heavy atom. The zero-order chi connectivity index (χ0) is 14.4. The molecule has 112 valence electrons. The van der Waals surface area contributed by atoms with Crippen molar-refractivity contribution in [3.63, 3.8) is 0 Å². The molecule has 3 N–H and O–H groups in total. The molecule has 1 aliphatic carbocycles. The van der Waals surface area contributed by atoms with Crippen molar-refractivity contribution in [2.24, 2.45) is 0 Å². The van der Waals surface area contributed by atoms with E-state index in [2.05, 4.69) is 14.8 Å². The first-order valence-corrected chi connectivity index (χ1v) is 8.16. The smallest absolute Gasteiger partial charge is 0.299 e. The molecule has 7 heteroatoms. The third-order valence-electron chi connectivity index (χ3n) is 2.98. The molecule has 0 bridgehead atoms. The molecule has 0 aromatic heterocycles. The minimum Gasteiger partial charge on any atom is -0.383 e. The van der Waals surface area contributed by atoms with E-state index in [1.165, 1.54) is 20.0 Å². The molecule has 0 saturated heterocycles. The molecular weight excluding hydrogens is 278 g/mol. The van der Waals surface area contributed by atoms with E-state index in [0.717, 1.165) is 12.1 Å². The van der Waals surface area contributed by atoms with Crippen molar-refractivity contribution in [3.05, 3.63) is 29.8 Å². The predicted octanol–water partition coefficient (Wildman–Crippen LogP) is 0.831. The minimum atomic E-state index is -3.53. The molecule has 0 amide bonds. The van der Waals surface area contributed by atoms with E-state index >= 15 is 0 Å². The number of hydrogen-bond donors (Lipinski definition) is 3. The largest absolute Gasteiger partial charge is 0.383 e. The molecule has 0 heterocycles. The first-order valence-electron chi connectivity index (χ1n) is 6.68. The van der Waals surface area contributed by atoms with Gasteiger partial charge in [-0.05, 0) is 30.5 Å². The van der Waals surface area contributed by atoms with Gasteiger partial charge in [0.1, 0.15) is 0 Å². The SMILES string of the molecule is COCCNS(=O)(=O)Nc1ccc(CNC2CC2)cc1. The van der Waals surface area contributed by atoms with Crippen molar-refractivity contribution in [1.82, 2.24) is 10.0 Å². The van der Waals surface area contributed by atoms with E-state index in [1.807, 2.05) is 12.1 Å². The van der Waals surface area contributed by atoms with Crippen LogP contribution in [0.5, 0.6) is 0 Å². The van der Waals surface area contributed by atoms with Crippen molar-refractivity contribution in [3.8, 4) is 0 Å². The van der Waals surface area contributed by atoms with Crippen LogP contribution in [0.3, 0.4) is 0 Å². The van der Waals surface area contributed by atoms with Gasteiger partial charge in [0.25, 0.3) is 10.2 Å². The summed E-state index contributed by atoms with van der Waals surface area (Å²) in [5.74, 6) is 0. The highest BCUT2D eigenvalue weighted by molar-refractivity contribution is 7.90. The molecule has 0 radical (unpaired) electrons. The van der Waals surface area contributed by atoms with Gasteiger partial charge in [-0.1, -0.05) is 12.1 Å². The van der Waals surface area contributed by atoms with Crippen molar-refractivity contribution >= 4 is 15.9 Å². The fraction of sp³-hybridized carbons (Fsp3) is 0.538. The second-order valence-electron chi connectivity index (χ2n) is 4.84. The highest BCUT2D eigenvalue weighted by atomic mass is 32.2. The van der Waals surface area contributed by atoms with Crippen molar-refractivity contribution in [2.75, 3.05) is 25.0 Å². The number of methoxy groups -OCH3 is 1. The Hall–Kier alpha value is -1.15. The van der Waals surface area contributed by atoms with Crippen LogP contribution in [0.25, 0.3) is 0 Å². The lowest BCUT2D eigenvalue weighted by molar-refractivity contribution is 0.204. The van der Waals surface area contributed by atoms with Gasteiger partial charge >= 0.3 is 0 Å². The van der Waals surface area contributed by atoms with Gasteiger partial charge in [0, 0.05) is 31.9 Å². The fourth-order valence-corrected chi connectivity index (χ4v) is 2.58. The van der Waals surface area contributed by atoms with Crippen LogP contribution in [0.4, 0.5) is 5.69 Å². The highest BCUT2D eigenvalue weighted by Gasteiger charge is 2.19. The van der Waals surface area contributed by atoms with Crippen LogP contribution in [0.2, 0.25) is 0 Å². The summed E-state index contributed by atoms with van der Waals surface area (Å²) in [6, 6.07) is 8.03. The fourth-order valence-electron chi connectivity index (χ4n) is 1.71. The van der Waals surface area contributed by atoms with Crippen molar-refractivity contribution in [2.45, 2.75) is 25.4 Å². The molecule has 1 saturated carbocycles. The number of ether oxygens (including phenoxy) is 1. The average Bonchev–Trinajstić information content (AvgIpc) is 3.22. The van der Waals surface area contributed by atoms with Crippen LogP contribution in [-0.4, -0.2) is 34.7 Å². The summed E-state index contributed by atoms with van der Waals surface area (Å²) in [7, 11) is -2.01. The maximum absolute atomic E-state index is 11.7. The zero-order valence-electron chi connectivity index (χ0n) is 11.6. The van der Waals surface area contributed by atoms with E-state index in [9.17, 15) is 8.42 Å². The lowest BCUT2D eigenvalue weighted by Crippen LogP contribution is -2.32. The summed E-state index contributed by atoms with van der Waals surface area (Å²) in [6.07, 6.45) is 2.51. The molecule has 1 aliphatic rings. The third-order valence-corrected chi connectivity index (χ3v) is 4.07. The monoisotopic (exact) mass is 299 g/mol. The Balaban J connectivity index is 1.82. The van der Waals surface area contributed by atoms with E-state index in [1.54, 1.807) is 12.1 Å². The molecule has 2 rings (SSSR count). The second kappa shape index (κ2) is 7.03. The van der Waals surface area contributed by atoms with Gasteiger partial charge < -0.3 is 10.1 Å². The Morgan fingerprint density at radius 2 is 1.95 bits per heavy atom. The molecular formula is C13H21N3O3S. The van der Waals surface area contributed by atoms with Crippen molar-refractivity contribution in [1.29, 1.82) is 0 Å². The molecule has 1 aromatic carbocycles. The number of nitrogens with one attached hydrogen (secondary N) is 3. The lowest BCUT2D eigenvalue weighted by atomic mass is 10.2. The molecule has 0 unspecified atom stereocenters. The normalized spacial score (nSPS) is 15.2. The summed E-state index contributed by atoms with van der Waals surface area (Å²) >= 11 is 0. The minimum absolute atomic E-state index is 0.245. The maximum Gasteiger partial charge on any atom is 0.299 e. The van der Waals surface area contributed by atoms with Crippen LogP contribution >= 0.6 is 0 Å². The number of hydrogen-bond acceptors (Lipinski definition) is 4. The van der Waals surface area contributed by atoms with E-state index in [-0.39, 0.29) is 6.54 Å². The standard InChI is InChI=1S/C13H21N3O3S/c1-19-9-8-15-20(17,18)16-13-4-2-11(3-5-13)10-14-12-6-7-12/h2-5,12,14-16H,6-10H2,1H3. The van der Waals surface area contributed by atoms with Crippen molar-refractivity contribution < 1.29 is 13.2 Å². The highest BCUT2D eigenvalue weighted by Crippen LogP contribution is 2.19. The summed E-state index contributed by atoms with van der Waals surface area (Å²) < 4.78 is 33.0. The number of anilines is 1. The quantitative estimate of drug-likeness (QED) is 0.590. The maximum atomic E-state index is 11.7. The Morgan fingerprint density at radius 1 is 1.25 bits per heavy atom. The Bertz CT molecular complexity index is 512. The molecule has 0 atom stereocenters. The predicted molar refractivity (Wildman–Crippen MR) is 78.7 cm³/mol. The van der Waals surface area contributed by atoms with Gasteiger partial charge in [-0.2, -0.15) is 13.1 Å². The van der Waals surface area contributed by atoms with Gasteiger partial charge in [-0.25, -0.2) is 0 Å². The van der Waals surface area contributed by atoms with Crippen LogP contribution < -0.4 is 14.8 Å². The molecule has 20 heavy (non-hydrogen) atoms. The first-order chi connectivity index (χ1) is 9.59. The topological polar surface area (TPSA) is 79.5 Å². The molecule has 6 nitrogen and oxygen atoms in total. The van der Waals surface area contributed by atoms with Gasteiger partial charge in [-0.15, -0.1) is 0 Å². The zero-order valence-corrected chi connectivity index (χ0v) is 12.4. The summed E-state index contributed by atoms with van der Waals surface area (Å²) in [6.45, 7) is 1.41. The van der Waals surface area contributed by atoms with E-state index in [0.29, 0.717) is 18.3 Å². The molecule has 0 aliphatic heterocycles. The average molecular weight is 299 g/mol. The summed E-state index contributed by atoms with van der Waals surface area (Å²) in [5, 5.41) is 3.41. The van der Waals surface area contributed by atoms with Gasteiger partial charge in [0.2, 0.25) is 0 Å². The first kappa shape index (κ1) is 15.2. The number of rotatable bonds is 9. The lowest BCUT2D eigenvalue weighted by Gasteiger charge is -2.10.